The number of anilines is 1. The van der Waals surface area contributed by atoms with Crippen molar-refractivity contribution >= 4 is 28.7 Å². The number of thiophene rings is 1. The summed E-state index contributed by atoms with van der Waals surface area (Å²) in [6.07, 6.45) is 2.91. The Balaban J connectivity index is 2.92. The van der Waals surface area contributed by atoms with Crippen LogP contribution in [-0.2, 0) is 4.79 Å². The highest BCUT2D eigenvalue weighted by atomic mass is 32.1. The molecule has 1 aromatic heterocycles. The van der Waals surface area contributed by atoms with Gasteiger partial charge >= 0.3 is 0 Å². The molecule has 82 valence electrons. The zero-order chi connectivity index (χ0) is 11.4. The minimum absolute atomic E-state index is 0.285. The van der Waals surface area contributed by atoms with Crippen LogP contribution in [0.15, 0.2) is 17.7 Å². The van der Waals surface area contributed by atoms with Crippen LogP contribution in [0.1, 0.15) is 18.7 Å². The smallest absolute Gasteiger partial charge is 0.146 e. The molecule has 0 spiro atoms. The third kappa shape index (κ3) is 3.20. The van der Waals surface area contributed by atoms with E-state index in [0.717, 1.165) is 16.7 Å². The number of carbonyl (C=O) groups is 1. The van der Waals surface area contributed by atoms with Gasteiger partial charge < -0.3 is 4.90 Å². The Bertz CT molecular complexity index is 363. The summed E-state index contributed by atoms with van der Waals surface area (Å²) >= 11 is 1.69. The number of carbonyl (C=O) groups excluding carboxylic acids is 1. The lowest BCUT2D eigenvalue weighted by Gasteiger charge is -2.07. The van der Waals surface area contributed by atoms with E-state index in [2.05, 4.69) is 11.0 Å². The second-order valence-electron chi connectivity index (χ2n) is 3.99. The van der Waals surface area contributed by atoms with Crippen LogP contribution < -0.4 is 4.90 Å². The van der Waals surface area contributed by atoms with Crippen LogP contribution in [0.4, 0.5) is 5.00 Å². The Morgan fingerprint density at radius 1 is 1.40 bits per heavy atom. The maximum Gasteiger partial charge on any atom is 0.146 e. The lowest BCUT2D eigenvalue weighted by atomic mass is 10.0. The molecule has 1 heterocycles. The van der Waals surface area contributed by atoms with Crippen LogP contribution in [0.3, 0.4) is 0 Å². The van der Waals surface area contributed by atoms with E-state index < -0.39 is 0 Å². The molecule has 2 nitrogen and oxygen atoms in total. The summed E-state index contributed by atoms with van der Waals surface area (Å²) in [5, 5.41) is 1.20. The van der Waals surface area contributed by atoms with E-state index in [0.29, 0.717) is 0 Å². The number of allylic oxidation sites excluding steroid dienone is 1. The van der Waals surface area contributed by atoms with E-state index in [1.54, 1.807) is 11.3 Å². The number of nitrogens with zero attached hydrogens (tertiary/aromatic N) is 1. The molecule has 0 radical (unpaired) electrons. The molecule has 0 aliphatic rings. The molecule has 0 saturated carbocycles. The fraction of sp³-hybridized carbons (Fsp3) is 0.417. The van der Waals surface area contributed by atoms with Gasteiger partial charge in [-0.1, -0.05) is 13.8 Å². The summed E-state index contributed by atoms with van der Waals surface area (Å²) in [5.74, 6) is 0.285. The van der Waals surface area contributed by atoms with Crippen molar-refractivity contribution < 1.29 is 4.79 Å². The van der Waals surface area contributed by atoms with Crippen molar-refractivity contribution in [3.63, 3.8) is 0 Å². The van der Waals surface area contributed by atoms with Crippen molar-refractivity contribution in [1.29, 1.82) is 0 Å². The highest BCUT2D eigenvalue weighted by molar-refractivity contribution is 7.16. The van der Waals surface area contributed by atoms with Crippen molar-refractivity contribution in [2.45, 2.75) is 13.8 Å². The quantitative estimate of drug-likeness (QED) is 0.577. The second-order valence-corrected chi connectivity index (χ2v) is 5.08. The molecule has 0 atom stereocenters. The van der Waals surface area contributed by atoms with Gasteiger partial charge in [-0.2, -0.15) is 0 Å². The zero-order valence-corrected chi connectivity index (χ0v) is 10.5. The van der Waals surface area contributed by atoms with Gasteiger partial charge in [-0.25, -0.2) is 0 Å². The molecule has 0 saturated heterocycles. The van der Waals surface area contributed by atoms with Gasteiger partial charge in [0, 0.05) is 19.0 Å². The minimum atomic E-state index is 0.285. The first kappa shape index (κ1) is 12.0. The average molecular weight is 223 g/mol. The molecule has 0 bridgehead atoms. The molecule has 0 fully saturated rings. The average Bonchev–Trinajstić information content (AvgIpc) is 2.61. The minimum Gasteiger partial charge on any atom is -0.370 e. The summed E-state index contributed by atoms with van der Waals surface area (Å²) in [6, 6.07) is 4.12. The fourth-order valence-electron chi connectivity index (χ4n) is 1.16. The van der Waals surface area contributed by atoms with Crippen LogP contribution in [0.2, 0.25) is 0 Å². The number of aldehydes is 1. The van der Waals surface area contributed by atoms with E-state index in [4.69, 9.17) is 0 Å². The summed E-state index contributed by atoms with van der Waals surface area (Å²) in [5.41, 5.74) is 0.849. The van der Waals surface area contributed by atoms with Gasteiger partial charge in [0.25, 0.3) is 0 Å². The van der Waals surface area contributed by atoms with Gasteiger partial charge in [-0.3, -0.25) is 4.79 Å². The molecule has 0 unspecified atom stereocenters. The second kappa shape index (κ2) is 5.12. The molecular formula is C12H17NOS. The standard InChI is InChI=1S/C12H17NOS/c1-9(2)10(8-14)7-11-5-6-12(15-11)13(3)4/h5-9H,1-4H3. The van der Waals surface area contributed by atoms with Gasteiger partial charge in [-0.05, 0) is 29.7 Å². The van der Waals surface area contributed by atoms with Gasteiger partial charge in [-0.15, -0.1) is 11.3 Å². The van der Waals surface area contributed by atoms with E-state index >= 15 is 0 Å². The molecule has 0 amide bonds. The Morgan fingerprint density at radius 2 is 2.07 bits per heavy atom. The molecule has 1 rings (SSSR count). The van der Waals surface area contributed by atoms with Crippen LogP contribution in [0.5, 0.6) is 0 Å². The number of hydrogen-bond donors (Lipinski definition) is 0. The molecule has 0 aromatic carbocycles. The maximum absolute atomic E-state index is 10.8. The molecule has 15 heavy (non-hydrogen) atoms. The summed E-state index contributed by atoms with van der Waals surface area (Å²) < 4.78 is 0. The lowest BCUT2D eigenvalue weighted by Crippen LogP contribution is -2.05. The summed E-state index contributed by atoms with van der Waals surface area (Å²) in [7, 11) is 4.03. The Kier molecular flexibility index (Phi) is 4.09. The van der Waals surface area contributed by atoms with Gasteiger partial charge in [0.2, 0.25) is 0 Å². The topological polar surface area (TPSA) is 20.3 Å². The van der Waals surface area contributed by atoms with Crippen molar-refractivity contribution in [2.24, 2.45) is 5.92 Å². The van der Waals surface area contributed by atoms with E-state index in [-0.39, 0.29) is 5.92 Å². The lowest BCUT2D eigenvalue weighted by molar-refractivity contribution is -0.105. The van der Waals surface area contributed by atoms with Crippen LogP contribution in [0.25, 0.3) is 6.08 Å². The summed E-state index contributed by atoms with van der Waals surface area (Å²) in [4.78, 5) is 14.0. The van der Waals surface area contributed by atoms with Crippen LogP contribution >= 0.6 is 11.3 Å². The van der Waals surface area contributed by atoms with E-state index in [1.165, 1.54) is 5.00 Å². The first-order valence-electron chi connectivity index (χ1n) is 4.98. The molecular weight excluding hydrogens is 206 g/mol. The SMILES string of the molecule is CC(C)C(C=O)=Cc1ccc(N(C)C)s1. The first-order valence-corrected chi connectivity index (χ1v) is 5.80. The van der Waals surface area contributed by atoms with E-state index in [1.807, 2.05) is 40.1 Å². The van der Waals surface area contributed by atoms with Crippen molar-refractivity contribution in [3.8, 4) is 0 Å². The fourth-order valence-corrected chi connectivity index (χ4v) is 2.05. The predicted octanol–water partition coefficient (Wildman–Crippen LogP) is 3.05. The van der Waals surface area contributed by atoms with Gasteiger partial charge in [0.15, 0.2) is 0 Å². The van der Waals surface area contributed by atoms with Crippen molar-refractivity contribution in [3.05, 3.63) is 22.6 Å². The monoisotopic (exact) mass is 223 g/mol. The van der Waals surface area contributed by atoms with E-state index in [9.17, 15) is 4.79 Å². The number of hydrogen-bond acceptors (Lipinski definition) is 3. The van der Waals surface area contributed by atoms with Crippen molar-refractivity contribution in [1.82, 2.24) is 0 Å². The Hall–Kier alpha value is -1.09. The Labute approximate surface area is 95.2 Å². The van der Waals surface area contributed by atoms with Crippen LogP contribution in [0, 0.1) is 5.92 Å². The van der Waals surface area contributed by atoms with Gasteiger partial charge in [0.1, 0.15) is 6.29 Å². The highest BCUT2D eigenvalue weighted by Crippen LogP contribution is 2.26. The molecule has 3 heteroatoms. The Morgan fingerprint density at radius 3 is 2.47 bits per heavy atom. The molecule has 1 aromatic rings. The normalized spacial score (nSPS) is 11.9. The third-order valence-electron chi connectivity index (χ3n) is 2.17. The molecule has 0 aliphatic heterocycles. The molecule has 0 aliphatic carbocycles. The van der Waals surface area contributed by atoms with Crippen molar-refractivity contribution in [2.75, 3.05) is 19.0 Å². The third-order valence-corrected chi connectivity index (χ3v) is 3.37. The predicted molar refractivity (Wildman–Crippen MR) is 67.5 cm³/mol. The highest BCUT2D eigenvalue weighted by Gasteiger charge is 2.04. The maximum atomic E-state index is 10.8. The largest absolute Gasteiger partial charge is 0.370 e. The van der Waals surface area contributed by atoms with Crippen LogP contribution in [-0.4, -0.2) is 20.4 Å². The molecule has 0 N–H and O–H groups in total. The van der Waals surface area contributed by atoms with Gasteiger partial charge in [0.05, 0.1) is 5.00 Å². The number of rotatable bonds is 4. The zero-order valence-electron chi connectivity index (χ0n) is 9.65. The summed E-state index contributed by atoms with van der Waals surface area (Å²) in [6.45, 7) is 4.06. The first-order chi connectivity index (χ1) is 7.04.